The molecule has 3 N–H and O–H groups in total. The number of anilines is 2. The number of hydrogen-bond acceptors (Lipinski definition) is 6. The first-order valence-corrected chi connectivity index (χ1v) is 11.2. The standard InChI is InChI=1S/C26H24F2N4O5/c1-2-36-23-13-17(11-12-22(23)37-16-26(35)31-21-10-6-4-8-19(21)28)15-29-32-25(34)14-24(33)30-20-9-5-3-7-18(20)27/h3-13,15H,2,14,16H2,1H3,(H,30,33)(H,31,35)(H,32,34). The number of halogens is 2. The molecule has 0 unspecified atom stereocenters. The Morgan fingerprint density at radius 1 is 0.811 bits per heavy atom. The number of nitrogens with zero attached hydrogens (tertiary/aromatic N) is 1. The molecule has 9 nitrogen and oxygen atoms in total. The van der Waals surface area contributed by atoms with Gasteiger partial charge in [0.15, 0.2) is 18.1 Å². The van der Waals surface area contributed by atoms with Crippen LogP contribution in [0.25, 0.3) is 0 Å². The number of para-hydroxylation sites is 2. The minimum Gasteiger partial charge on any atom is -0.490 e. The minimum absolute atomic E-state index is 0.0284. The average Bonchev–Trinajstić information content (AvgIpc) is 2.86. The van der Waals surface area contributed by atoms with E-state index in [1.54, 1.807) is 37.3 Å². The summed E-state index contributed by atoms with van der Waals surface area (Å²) in [5.41, 5.74) is 2.76. The number of carbonyl (C=O) groups excluding carboxylic acids is 3. The van der Waals surface area contributed by atoms with Crippen LogP contribution in [0.15, 0.2) is 71.8 Å². The molecule has 0 heterocycles. The highest BCUT2D eigenvalue weighted by Gasteiger charge is 2.12. The molecule has 11 heteroatoms. The summed E-state index contributed by atoms with van der Waals surface area (Å²) in [6.07, 6.45) is 0.765. The number of ether oxygens (including phenoxy) is 2. The Morgan fingerprint density at radius 2 is 1.43 bits per heavy atom. The van der Waals surface area contributed by atoms with Gasteiger partial charge in [-0.3, -0.25) is 14.4 Å². The first-order valence-electron chi connectivity index (χ1n) is 11.2. The monoisotopic (exact) mass is 510 g/mol. The predicted octanol–water partition coefficient (Wildman–Crippen LogP) is 3.86. The number of hydrazone groups is 1. The molecule has 0 bridgehead atoms. The first kappa shape index (κ1) is 26.8. The second-order valence-corrected chi connectivity index (χ2v) is 7.45. The SMILES string of the molecule is CCOc1cc(C=NNC(=O)CC(=O)Nc2ccccc2F)ccc1OCC(=O)Nc1ccccc1F. The van der Waals surface area contributed by atoms with Gasteiger partial charge in [-0.2, -0.15) is 5.10 Å². The van der Waals surface area contributed by atoms with Gasteiger partial charge >= 0.3 is 0 Å². The average molecular weight is 510 g/mol. The molecule has 0 aliphatic rings. The summed E-state index contributed by atoms with van der Waals surface area (Å²) in [4.78, 5) is 36.0. The largest absolute Gasteiger partial charge is 0.490 e. The normalized spacial score (nSPS) is 10.6. The fraction of sp³-hybridized carbons (Fsp3) is 0.154. The molecule has 192 valence electrons. The zero-order valence-corrected chi connectivity index (χ0v) is 19.8. The third-order valence-corrected chi connectivity index (χ3v) is 4.65. The van der Waals surface area contributed by atoms with E-state index in [1.165, 1.54) is 42.6 Å². The molecule has 3 amide bonds. The molecule has 3 aromatic carbocycles. The van der Waals surface area contributed by atoms with Crippen LogP contribution in [0.5, 0.6) is 11.5 Å². The molecule has 0 aliphatic heterocycles. The van der Waals surface area contributed by atoms with Crippen molar-refractivity contribution in [2.24, 2.45) is 5.10 Å². The summed E-state index contributed by atoms with van der Waals surface area (Å²) in [5.74, 6) is -2.53. The van der Waals surface area contributed by atoms with E-state index in [2.05, 4.69) is 21.2 Å². The molecule has 3 rings (SSSR count). The van der Waals surface area contributed by atoms with Crippen LogP contribution in [0.4, 0.5) is 20.2 Å². The van der Waals surface area contributed by atoms with E-state index in [4.69, 9.17) is 9.47 Å². The van der Waals surface area contributed by atoms with Gasteiger partial charge in [-0.05, 0) is 55.0 Å². The Hall–Kier alpha value is -4.80. The van der Waals surface area contributed by atoms with Crippen molar-refractivity contribution in [2.45, 2.75) is 13.3 Å². The smallest absolute Gasteiger partial charge is 0.262 e. The Labute approximate surface area is 211 Å². The second-order valence-electron chi connectivity index (χ2n) is 7.45. The van der Waals surface area contributed by atoms with Crippen molar-refractivity contribution >= 4 is 35.3 Å². The summed E-state index contributed by atoms with van der Waals surface area (Å²) in [6, 6.07) is 16.1. The second kappa shape index (κ2) is 13.3. The van der Waals surface area contributed by atoms with Crippen molar-refractivity contribution in [1.29, 1.82) is 0 Å². The van der Waals surface area contributed by atoms with Gasteiger partial charge in [0.25, 0.3) is 5.91 Å². The van der Waals surface area contributed by atoms with E-state index in [0.717, 1.165) is 0 Å². The maximum absolute atomic E-state index is 13.7. The fourth-order valence-electron chi connectivity index (χ4n) is 3.01. The molecule has 0 saturated heterocycles. The molecular weight excluding hydrogens is 486 g/mol. The lowest BCUT2D eigenvalue weighted by atomic mass is 10.2. The molecule has 0 atom stereocenters. The highest BCUT2D eigenvalue weighted by atomic mass is 19.1. The Bertz CT molecular complexity index is 1300. The molecule has 0 aliphatic carbocycles. The van der Waals surface area contributed by atoms with E-state index in [9.17, 15) is 23.2 Å². The van der Waals surface area contributed by atoms with Crippen LogP contribution in [-0.4, -0.2) is 37.1 Å². The maximum Gasteiger partial charge on any atom is 0.262 e. The molecular formula is C26H24F2N4O5. The molecule has 0 radical (unpaired) electrons. The number of amides is 3. The summed E-state index contributed by atoms with van der Waals surface area (Å²) in [7, 11) is 0. The van der Waals surface area contributed by atoms with Crippen LogP contribution in [0.3, 0.4) is 0 Å². The number of rotatable bonds is 11. The van der Waals surface area contributed by atoms with E-state index in [1.807, 2.05) is 0 Å². The third kappa shape index (κ3) is 8.42. The fourth-order valence-corrected chi connectivity index (χ4v) is 3.01. The zero-order valence-electron chi connectivity index (χ0n) is 19.8. The highest BCUT2D eigenvalue weighted by Crippen LogP contribution is 2.28. The van der Waals surface area contributed by atoms with E-state index < -0.39 is 35.8 Å². The number of nitrogens with one attached hydrogen (secondary N) is 3. The van der Waals surface area contributed by atoms with E-state index >= 15 is 0 Å². The quantitative estimate of drug-likeness (QED) is 0.206. The van der Waals surface area contributed by atoms with Crippen LogP contribution in [-0.2, 0) is 14.4 Å². The van der Waals surface area contributed by atoms with Crippen LogP contribution >= 0.6 is 0 Å². The summed E-state index contributed by atoms with van der Waals surface area (Å²) in [6.45, 7) is 1.70. The van der Waals surface area contributed by atoms with Gasteiger partial charge in [-0.25, -0.2) is 14.2 Å². The number of benzene rings is 3. The van der Waals surface area contributed by atoms with Gasteiger partial charge < -0.3 is 20.1 Å². The summed E-state index contributed by atoms with van der Waals surface area (Å²) >= 11 is 0. The molecule has 0 aromatic heterocycles. The Morgan fingerprint density at radius 3 is 2.05 bits per heavy atom. The van der Waals surface area contributed by atoms with Gasteiger partial charge in [-0.1, -0.05) is 24.3 Å². The molecule has 0 saturated carbocycles. The molecule has 37 heavy (non-hydrogen) atoms. The summed E-state index contributed by atoms with van der Waals surface area (Å²) in [5, 5.41) is 8.54. The van der Waals surface area contributed by atoms with Crippen LogP contribution in [0, 0.1) is 11.6 Å². The summed E-state index contributed by atoms with van der Waals surface area (Å²) < 4.78 is 38.3. The van der Waals surface area contributed by atoms with Crippen molar-refractivity contribution in [1.82, 2.24) is 5.43 Å². The topological polar surface area (TPSA) is 118 Å². The van der Waals surface area contributed by atoms with E-state index in [-0.39, 0.29) is 23.7 Å². The van der Waals surface area contributed by atoms with Gasteiger partial charge in [0, 0.05) is 0 Å². The predicted molar refractivity (Wildman–Crippen MR) is 134 cm³/mol. The first-order chi connectivity index (χ1) is 17.9. The lowest BCUT2D eigenvalue weighted by molar-refractivity contribution is -0.126. The van der Waals surface area contributed by atoms with Crippen LogP contribution < -0.4 is 25.5 Å². The van der Waals surface area contributed by atoms with Crippen molar-refractivity contribution in [3.8, 4) is 11.5 Å². The lowest BCUT2D eigenvalue weighted by Gasteiger charge is -2.13. The minimum atomic E-state index is -0.698. The third-order valence-electron chi connectivity index (χ3n) is 4.65. The van der Waals surface area contributed by atoms with Gasteiger partial charge in [0.1, 0.15) is 18.1 Å². The van der Waals surface area contributed by atoms with E-state index in [0.29, 0.717) is 17.9 Å². The Kier molecular flexibility index (Phi) is 9.66. The lowest BCUT2D eigenvalue weighted by Crippen LogP contribution is -2.24. The molecule has 3 aromatic rings. The van der Waals surface area contributed by atoms with Crippen molar-refractivity contribution in [3.63, 3.8) is 0 Å². The van der Waals surface area contributed by atoms with Crippen molar-refractivity contribution < 1.29 is 32.6 Å². The zero-order chi connectivity index (χ0) is 26.6. The maximum atomic E-state index is 13.7. The van der Waals surface area contributed by atoms with Crippen molar-refractivity contribution in [3.05, 3.63) is 83.9 Å². The van der Waals surface area contributed by atoms with Crippen LogP contribution in [0.1, 0.15) is 18.9 Å². The molecule has 0 fully saturated rings. The van der Waals surface area contributed by atoms with Crippen molar-refractivity contribution in [2.75, 3.05) is 23.8 Å². The van der Waals surface area contributed by atoms with Gasteiger partial charge in [0.2, 0.25) is 11.8 Å². The Balaban J connectivity index is 1.52. The van der Waals surface area contributed by atoms with Gasteiger partial charge in [0.05, 0.1) is 24.2 Å². The van der Waals surface area contributed by atoms with Crippen LogP contribution in [0.2, 0.25) is 0 Å². The molecule has 0 spiro atoms. The number of hydrogen-bond donors (Lipinski definition) is 3. The number of carbonyl (C=O) groups is 3. The highest BCUT2D eigenvalue weighted by molar-refractivity contribution is 6.03. The van der Waals surface area contributed by atoms with Gasteiger partial charge in [-0.15, -0.1) is 0 Å².